The van der Waals surface area contributed by atoms with Crippen molar-refractivity contribution in [3.63, 3.8) is 0 Å². The number of benzene rings is 2. The van der Waals surface area contributed by atoms with Crippen LogP contribution in [0.15, 0.2) is 58.3 Å². The molecular formula is C22H29FN2O4S2. The summed E-state index contributed by atoms with van der Waals surface area (Å²) in [7, 11) is -6.98. The summed E-state index contributed by atoms with van der Waals surface area (Å²) in [6.07, 6.45) is 2.35. The molecule has 2 aromatic rings. The van der Waals surface area contributed by atoms with Crippen LogP contribution in [0.2, 0.25) is 0 Å². The van der Waals surface area contributed by atoms with E-state index in [9.17, 15) is 21.2 Å². The third kappa shape index (κ3) is 6.83. The molecule has 0 spiro atoms. The van der Waals surface area contributed by atoms with Crippen molar-refractivity contribution in [2.24, 2.45) is 5.92 Å². The number of halogens is 1. The maximum Gasteiger partial charge on any atom is 0.240 e. The van der Waals surface area contributed by atoms with E-state index in [0.717, 1.165) is 43.6 Å². The number of piperidine rings is 1. The summed E-state index contributed by atoms with van der Waals surface area (Å²) in [6.45, 7) is 4.50. The van der Waals surface area contributed by atoms with E-state index in [4.69, 9.17) is 0 Å². The Balaban J connectivity index is 1.47. The molecule has 1 fully saturated rings. The number of aryl methyl sites for hydroxylation is 1. The standard InChI is InChI=1S/C22H29FN2O4S2/c1-18-5-9-22(10-6-18)31(28,29)24-16-19-4-2-13-25(17-19)14-3-15-30(26,27)21-11-7-20(23)8-12-21/h5-12,19,24H,2-4,13-17H2,1H3. The average molecular weight is 469 g/mol. The van der Waals surface area contributed by atoms with Gasteiger partial charge in [0.05, 0.1) is 15.5 Å². The van der Waals surface area contributed by atoms with Crippen molar-refractivity contribution in [3.05, 3.63) is 59.9 Å². The van der Waals surface area contributed by atoms with E-state index in [-0.39, 0.29) is 21.5 Å². The van der Waals surface area contributed by atoms with Gasteiger partial charge in [-0.05, 0) is 81.6 Å². The minimum Gasteiger partial charge on any atom is -0.303 e. The van der Waals surface area contributed by atoms with Gasteiger partial charge < -0.3 is 4.90 Å². The number of likely N-dealkylation sites (tertiary alicyclic amines) is 1. The van der Waals surface area contributed by atoms with Crippen LogP contribution in [0.3, 0.4) is 0 Å². The molecule has 2 aromatic carbocycles. The predicted molar refractivity (Wildman–Crippen MR) is 119 cm³/mol. The van der Waals surface area contributed by atoms with Crippen LogP contribution in [0.4, 0.5) is 4.39 Å². The molecule has 1 N–H and O–H groups in total. The van der Waals surface area contributed by atoms with Gasteiger partial charge in [-0.15, -0.1) is 0 Å². The highest BCUT2D eigenvalue weighted by Gasteiger charge is 2.23. The van der Waals surface area contributed by atoms with Crippen molar-refractivity contribution in [3.8, 4) is 0 Å². The monoisotopic (exact) mass is 468 g/mol. The van der Waals surface area contributed by atoms with Crippen molar-refractivity contribution in [2.45, 2.75) is 36.0 Å². The van der Waals surface area contributed by atoms with E-state index < -0.39 is 25.7 Å². The fraction of sp³-hybridized carbons (Fsp3) is 0.455. The summed E-state index contributed by atoms with van der Waals surface area (Å²) in [5.41, 5.74) is 1.00. The van der Waals surface area contributed by atoms with E-state index in [0.29, 0.717) is 19.5 Å². The first kappa shape index (κ1) is 23.8. The molecule has 170 valence electrons. The number of nitrogens with zero attached hydrogens (tertiary/aromatic N) is 1. The summed E-state index contributed by atoms with van der Waals surface area (Å²) in [5.74, 6) is -0.279. The van der Waals surface area contributed by atoms with Crippen LogP contribution in [0, 0.1) is 18.7 Å². The minimum absolute atomic E-state index is 0.000147. The van der Waals surface area contributed by atoms with E-state index in [1.54, 1.807) is 24.3 Å². The van der Waals surface area contributed by atoms with Crippen LogP contribution >= 0.6 is 0 Å². The average Bonchev–Trinajstić information content (AvgIpc) is 2.73. The lowest BCUT2D eigenvalue weighted by atomic mass is 9.98. The van der Waals surface area contributed by atoms with Gasteiger partial charge in [-0.1, -0.05) is 17.7 Å². The Kier molecular flexibility index (Phi) is 7.85. The fourth-order valence-electron chi connectivity index (χ4n) is 3.79. The van der Waals surface area contributed by atoms with E-state index in [2.05, 4.69) is 9.62 Å². The summed E-state index contributed by atoms with van der Waals surface area (Å²) in [6, 6.07) is 11.6. The largest absolute Gasteiger partial charge is 0.303 e. The van der Waals surface area contributed by atoms with Gasteiger partial charge in [0.15, 0.2) is 9.84 Å². The normalized spacial score (nSPS) is 18.2. The van der Waals surface area contributed by atoms with Gasteiger partial charge in [0.2, 0.25) is 10.0 Å². The Bertz CT molecular complexity index is 1070. The summed E-state index contributed by atoms with van der Waals surface area (Å²) < 4.78 is 65.5. The summed E-state index contributed by atoms with van der Waals surface area (Å²) >= 11 is 0. The zero-order valence-electron chi connectivity index (χ0n) is 17.6. The first-order valence-corrected chi connectivity index (χ1v) is 13.6. The number of sulfone groups is 1. The van der Waals surface area contributed by atoms with Crippen LogP contribution in [0.5, 0.6) is 0 Å². The Hall–Kier alpha value is -1.81. The lowest BCUT2D eigenvalue weighted by molar-refractivity contribution is 0.176. The van der Waals surface area contributed by atoms with Gasteiger partial charge in [0, 0.05) is 13.1 Å². The Labute approximate surface area is 184 Å². The molecule has 1 heterocycles. The maximum atomic E-state index is 13.0. The first-order valence-electron chi connectivity index (χ1n) is 10.4. The lowest BCUT2D eigenvalue weighted by Gasteiger charge is -2.32. The van der Waals surface area contributed by atoms with Crippen LogP contribution < -0.4 is 4.72 Å². The number of hydrogen-bond acceptors (Lipinski definition) is 5. The third-order valence-corrected chi connectivity index (χ3v) is 8.81. The summed E-state index contributed by atoms with van der Waals surface area (Å²) in [4.78, 5) is 2.59. The van der Waals surface area contributed by atoms with Gasteiger partial charge in [-0.3, -0.25) is 0 Å². The molecule has 0 saturated carbocycles. The smallest absolute Gasteiger partial charge is 0.240 e. The molecule has 0 amide bonds. The maximum absolute atomic E-state index is 13.0. The molecule has 1 aliphatic heterocycles. The van der Waals surface area contributed by atoms with Crippen molar-refractivity contribution >= 4 is 19.9 Å². The molecule has 6 nitrogen and oxygen atoms in total. The Morgan fingerprint density at radius 1 is 1.00 bits per heavy atom. The number of hydrogen-bond donors (Lipinski definition) is 1. The molecule has 1 unspecified atom stereocenters. The topological polar surface area (TPSA) is 83.6 Å². The van der Waals surface area contributed by atoms with E-state index in [1.807, 2.05) is 6.92 Å². The SMILES string of the molecule is Cc1ccc(S(=O)(=O)NCC2CCCN(CCCS(=O)(=O)c3ccc(F)cc3)C2)cc1. The lowest BCUT2D eigenvalue weighted by Crippen LogP contribution is -2.41. The van der Waals surface area contributed by atoms with Crippen molar-refractivity contribution < 1.29 is 21.2 Å². The van der Waals surface area contributed by atoms with Gasteiger partial charge in [-0.25, -0.2) is 25.9 Å². The van der Waals surface area contributed by atoms with Crippen molar-refractivity contribution in [2.75, 3.05) is 31.9 Å². The van der Waals surface area contributed by atoms with Crippen LogP contribution in [0.1, 0.15) is 24.8 Å². The second kappa shape index (κ2) is 10.2. The molecule has 0 aromatic heterocycles. The molecule has 0 bridgehead atoms. The zero-order chi connectivity index (χ0) is 22.5. The molecule has 1 aliphatic rings. The Morgan fingerprint density at radius 2 is 1.65 bits per heavy atom. The number of nitrogens with one attached hydrogen (secondary N) is 1. The van der Waals surface area contributed by atoms with Crippen molar-refractivity contribution in [1.82, 2.24) is 9.62 Å². The van der Waals surface area contributed by atoms with Gasteiger partial charge >= 0.3 is 0 Å². The highest BCUT2D eigenvalue weighted by molar-refractivity contribution is 7.91. The molecule has 1 atom stereocenters. The molecular weight excluding hydrogens is 439 g/mol. The quantitative estimate of drug-likeness (QED) is 0.572. The van der Waals surface area contributed by atoms with Crippen LogP contribution in [0.25, 0.3) is 0 Å². The van der Waals surface area contributed by atoms with Crippen LogP contribution in [-0.4, -0.2) is 53.7 Å². The van der Waals surface area contributed by atoms with Gasteiger partial charge in [0.25, 0.3) is 0 Å². The molecule has 9 heteroatoms. The van der Waals surface area contributed by atoms with E-state index >= 15 is 0 Å². The van der Waals surface area contributed by atoms with Crippen LogP contribution in [-0.2, 0) is 19.9 Å². The molecule has 3 rings (SSSR count). The second-order valence-electron chi connectivity index (χ2n) is 8.10. The number of rotatable bonds is 9. The summed E-state index contributed by atoms with van der Waals surface area (Å²) in [5, 5.41) is 0. The first-order chi connectivity index (χ1) is 14.7. The molecule has 0 aliphatic carbocycles. The second-order valence-corrected chi connectivity index (χ2v) is 12.0. The van der Waals surface area contributed by atoms with Crippen molar-refractivity contribution in [1.29, 1.82) is 0 Å². The van der Waals surface area contributed by atoms with Gasteiger partial charge in [-0.2, -0.15) is 0 Å². The molecule has 31 heavy (non-hydrogen) atoms. The Morgan fingerprint density at radius 3 is 2.32 bits per heavy atom. The van der Waals surface area contributed by atoms with E-state index in [1.165, 1.54) is 12.1 Å². The molecule has 0 radical (unpaired) electrons. The predicted octanol–water partition coefficient (Wildman–Crippen LogP) is 2.99. The molecule has 1 saturated heterocycles. The minimum atomic E-state index is -3.54. The van der Waals surface area contributed by atoms with Gasteiger partial charge in [0.1, 0.15) is 5.82 Å². The highest BCUT2D eigenvalue weighted by atomic mass is 32.2. The number of sulfonamides is 1. The fourth-order valence-corrected chi connectivity index (χ4v) is 6.20. The zero-order valence-corrected chi connectivity index (χ0v) is 19.3. The highest BCUT2D eigenvalue weighted by Crippen LogP contribution is 2.19. The third-order valence-electron chi connectivity index (χ3n) is 5.56.